The number of nitrogens with one attached hydrogen (secondary N) is 3. The van der Waals surface area contributed by atoms with Crippen molar-refractivity contribution in [2.75, 3.05) is 30.7 Å². The second-order valence-corrected chi connectivity index (χ2v) is 9.42. The van der Waals surface area contributed by atoms with Gasteiger partial charge in [-0.25, -0.2) is 8.42 Å². The molecule has 1 saturated heterocycles. The number of carbonyl (C=O) groups is 1. The second-order valence-electron chi connectivity index (χ2n) is 7.67. The monoisotopic (exact) mass is 415 g/mol. The molecule has 2 aromatic rings. The van der Waals surface area contributed by atoms with Gasteiger partial charge in [0.05, 0.1) is 12.9 Å². The normalized spacial score (nSPS) is 21.3. The van der Waals surface area contributed by atoms with Crippen molar-refractivity contribution in [2.24, 2.45) is 5.92 Å². The number of fused-ring (bicyclic) bond motifs is 1. The summed E-state index contributed by atoms with van der Waals surface area (Å²) in [5, 5.41) is 6.24. The Morgan fingerprint density at radius 3 is 2.72 bits per heavy atom. The van der Waals surface area contributed by atoms with Gasteiger partial charge < -0.3 is 15.4 Å². The number of hydrogen-bond acceptors (Lipinski definition) is 5. The topological polar surface area (TPSA) is 96.5 Å². The van der Waals surface area contributed by atoms with Gasteiger partial charge in [-0.3, -0.25) is 9.52 Å². The Labute approximate surface area is 170 Å². The van der Waals surface area contributed by atoms with Crippen LogP contribution in [0.2, 0.25) is 0 Å². The third kappa shape index (κ3) is 4.71. The minimum Gasteiger partial charge on any atom is -0.493 e. The summed E-state index contributed by atoms with van der Waals surface area (Å²) in [6, 6.07) is 13.2. The first kappa shape index (κ1) is 19.7. The number of rotatable bonds is 6. The summed E-state index contributed by atoms with van der Waals surface area (Å²) < 4.78 is 31.3. The van der Waals surface area contributed by atoms with Crippen LogP contribution in [0.4, 0.5) is 5.69 Å². The lowest BCUT2D eigenvalue weighted by Gasteiger charge is -2.32. The first-order valence-electron chi connectivity index (χ1n) is 9.71. The first-order chi connectivity index (χ1) is 13.9. The molecule has 2 heterocycles. The summed E-state index contributed by atoms with van der Waals surface area (Å²) in [5.74, 6) is 1.25. The molecule has 2 atom stereocenters. The van der Waals surface area contributed by atoms with Gasteiger partial charge in [0.2, 0.25) is 10.0 Å². The molecule has 29 heavy (non-hydrogen) atoms. The number of benzene rings is 2. The smallest absolute Gasteiger partial charge is 0.252 e. The number of anilines is 1. The molecule has 8 heteroatoms. The first-order valence-corrected chi connectivity index (χ1v) is 11.6. The van der Waals surface area contributed by atoms with Crippen molar-refractivity contribution >= 4 is 21.6 Å². The highest BCUT2D eigenvalue weighted by Gasteiger charge is 2.27. The highest BCUT2D eigenvalue weighted by atomic mass is 32.2. The average Bonchev–Trinajstić information content (AvgIpc) is 3.06. The molecular formula is C21H25N3O4S. The predicted octanol–water partition coefficient (Wildman–Crippen LogP) is 2.07. The van der Waals surface area contributed by atoms with Crippen LogP contribution in [0, 0.1) is 5.92 Å². The SMILES string of the molecule is CS(=O)(=O)Nc1ccc([C@@H]2CCNC[C@H]2COc2ccc3c(c2)C(=O)NC3)cc1. The Balaban J connectivity index is 1.44. The van der Waals surface area contributed by atoms with Gasteiger partial charge in [-0.05, 0) is 54.3 Å². The maximum atomic E-state index is 11.9. The van der Waals surface area contributed by atoms with E-state index in [1.165, 1.54) is 5.56 Å². The number of amides is 1. The Morgan fingerprint density at radius 2 is 1.97 bits per heavy atom. The van der Waals surface area contributed by atoms with Crippen molar-refractivity contribution in [1.29, 1.82) is 0 Å². The molecule has 0 unspecified atom stereocenters. The zero-order chi connectivity index (χ0) is 20.4. The summed E-state index contributed by atoms with van der Waals surface area (Å²) in [6.45, 7) is 2.90. The maximum absolute atomic E-state index is 11.9. The zero-order valence-corrected chi connectivity index (χ0v) is 17.1. The molecule has 3 N–H and O–H groups in total. The fraction of sp³-hybridized carbons (Fsp3) is 0.381. The van der Waals surface area contributed by atoms with E-state index in [-0.39, 0.29) is 11.8 Å². The molecule has 0 aliphatic carbocycles. The van der Waals surface area contributed by atoms with Crippen LogP contribution in [0.15, 0.2) is 42.5 Å². The van der Waals surface area contributed by atoms with Crippen molar-refractivity contribution in [3.8, 4) is 5.75 Å². The van der Waals surface area contributed by atoms with Crippen molar-refractivity contribution in [3.63, 3.8) is 0 Å². The summed E-state index contributed by atoms with van der Waals surface area (Å²) in [6.07, 6.45) is 2.13. The van der Waals surface area contributed by atoms with Gasteiger partial charge in [0.25, 0.3) is 5.91 Å². The molecule has 7 nitrogen and oxygen atoms in total. The number of hydrogen-bond donors (Lipinski definition) is 3. The molecule has 2 aliphatic rings. The van der Waals surface area contributed by atoms with Crippen molar-refractivity contribution in [3.05, 3.63) is 59.2 Å². The van der Waals surface area contributed by atoms with Gasteiger partial charge >= 0.3 is 0 Å². The third-order valence-electron chi connectivity index (χ3n) is 5.48. The van der Waals surface area contributed by atoms with Crippen molar-refractivity contribution in [2.45, 2.75) is 18.9 Å². The van der Waals surface area contributed by atoms with E-state index < -0.39 is 10.0 Å². The molecule has 2 aliphatic heterocycles. The molecule has 0 bridgehead atoms. The van der Waals surface area contributed by atoms with Crippen molar-refractivity contribution in [1.82, 2.24) is 10.6 Å². The number of ether oxygens (including phenoxy) is 1. The molecule has 0 saturated carbocycles. The van der Waals surface area contributed by atoms with E-state index in [4.69, 9.17) is 4.74 Å². The lowest BCUT2D eigenvalue weighted by atomic mass is 9.81. The Kier molecular flexibility index (Phi) is 5.47. The molecule has 0 spiro atoms. The van der Waals surface area contributed by atoms with Crippen LogP contribution in [0.5, 0.6) is 5.75 Å². The summed E-state index contributed by atoms with van der Waals surface area (Å²) in [7, 11) is -3.28. The molecule has 154 valence electrons. The van der Waals surface area contributed by atoms with Crippen molar-refractivity contribution < 1.29 is 17.9 Å². The second kappa shape index (κ2) is 8.04. The van der Waals surface area contributed by atoms with Gasteiger partial charge in [0, 0.05) is 30.3 Å². The minimum atomic E-state index is -3.28. The van der Waals surface area contributed by atoms with E-state index in [1.54, 1.807) is 12.1 Å². The zero-order valence-electron chi connectivity index (χ0n) is 16.3. The van der Waals surface area contributed by atoms with Crippen LogP contribution in [-0.4, -0.2) is 40.3 Å². The molecule has 1 amide bonds. The maximum Gasteiger partial charge on any atom is 0.252 e. The van der Waals surface area contributed by atoms with Gasteiger partial charge in [0.15, 0.2) is 0 Å². The molecule has 1 fully saturated rings. The van der Waals surface area contributed by atoms with Crippen LogP contribution >= 0.6 is 0 Å². The highest BCUT2D eigenvalue weighted by Crippen LogP contribution is 2.32. The number of carbonyl (C=O) groups excluding carboxylic acids is 1. The van der Waals surface area contributed by atoms with Crippen LogP contribution in [0.25, 0.3) is 0 Å². The van der Waals surface area contributed by atoms with E-state index >= 15 is 0 Å². The Bertz CT molecular complexity index is 1010. The van der Waals surface area contributed by atoms with Crippen LogP contribution in [0.1, 0.15) is 33.8 Å². The van der Waals surface area contributed by atoms with Crippen LogP contribution in [-0.2, 0) is 16.6 Å². The Morgan fingerprint density at radius 1 is 1.17 bits per heavy atom. The van der Waals surface area contributed by atoms with Crippen LogP contribution in [0.3, 0.4) is 0 Å². The van der Waals surface area contributed by atoms with E-state index in [9.17, 15) is 13.2 Å². The Hall–Kier alpha value is -2.58. The quantitative estimate of drug-likeness (QED) is 0.671. The van der Waals surface area contributed by atoms with E-state index in [0.29, 0.717) is 36.1 Å². The fourth-order valence-corrected chi connectivity index (χ4v) is 4.60. The summed E-state index contributed by atoms with van der Waals surface area (Å²) in [5.41, 5.74) is 3.43. The minimum absolute atomic E-state index is 0.0505. The molecule has 2 aromatic carbocycles. The van der Waals surface area contributed by atoms with Gasteiger partial charge in [-0.15, -0.1) is 0 Å². The van der Waals surface area contributed by atoms with Gasteiger partial charge in [-0.2, -0.15) is 0 Å². The standard InChI is InChI=1S/C21H25N3O4S/c1-29(26,27)24-17-5-2-14(3-6-17)19-8-9-22-11-16(19)13-28-18-7-4-15-12-23-21(25)20(15)10-18/h2-7,10,16,19,22,24H,8-9,11-13H2,1H3,(H,23,25)/t16-,19-/m0/s1. The van der Waals surface area contributed by atoms with E-state index in [2.05, 4.69) is 15.4 Å². The predicted molar refractivity (Wildman–Crippen MR) is 112 cm³/mol. The van der Waals surface area contributed by atoms with Gasteiger partial charge in [0.1, 0.15) is 5.75 Å². The average molecular weight is 416 g/mol. The van der Waals surface area contributed by atoms with Gasteiger partial charge in [-0.1, -0.05) is 18.2 Å². The molecular weight excluding hydrogens is 390 g/mol. The fourth-order valence-electron chi connectivity index (χ4n) is 4.03. The number of piperidine rings is 1. The largest absolute Gasteiger partial charge is 0.493 e. The summed E-state index contributed by atoms with van der Waals surface area (Å²) in [4.78, 5) is 11.9. The highest BCUT2D eigenvalue weighted by molar-refractivity contribution is 7.92. The number of sulfonamides is 1. The van der Waals surface area contributed by atoms with E-state index in [0.717, 1.165) is 31.3 Å². The third-order valence-corrected chi connectivity index (χ3v) is 6.09. The molecule has 4 rings (SSSR count). The lowest BCUT2D eigenvalue weighted by molar-refractivity contribution is 0.0965. The van der Waals surface area contributed by atoms with Crippen LogP contribution < -0.4 is 20.1 Å². The summed E-state index contributed by atoms with van der Waals surface area (Å²) >= 11 is 0. The molecule has 0 aromatic heterocycles. The lowest BCUT2D eigenvalue weighted by Crippen LogP contribution is -2.38. The molecule has 0 radical (unpaired) electrons. The van der Waals surface area contributed by atoms with E-state index in [1.807, 2.05) is 30.3 Å².